The molecule has 0 bridgehead atoms. The van der Waals surface area contributed by atoms with Gasteiger partial charge < -0.3 is 9.84 Å². The Labute approximate surface area is 94.4 Å². The third kappa shape index (κ3) is 2.31. The summed E-state index contributed by atoms with van der Waals surface area (Å²) in [6.07, 6.45) is 5.59. The summed E-state index contributed by atoms with van der Waals surface area (Å²) in [5, 5.41) is 9.08. The second kappa shape index (κ2) is 4.35. The molecule has 0 aromatic carbocycles. The monoisotopic (exact) mass is 224 g/mol. The van der Waals surface area contributed by atoms with Crippen LogP contribution in [0.4, 0.5) is 0 Å². The molecule has 0 aromatic heterocycles. The molecule has 0 radical (unpaired) electrons. The van der Waals surface area contributed by atoms with Crippen LogP contribution in [0.25, 0.3) is 0 Å². The number of likely N-dealkylation sites (N-methyl/N-ethyl adjacent to an activating group) is 1. The highest BCUT2D eigenvalue weighted by atomic mass is 16.5. The Kier molecular flexibility index (Phi) is 3.07. The minimum atomic E-state index is -0.979. The summed E-state index contributed by atoms with van der Waals surface area (Å²) in [7, 11) is 3.68. The van der Waals surface area contributed by atoms with Crippen LogP contribution in [0.2, 0.25) is 0 Å². The maximum atomic E-state index is 11.1. The maximum absolute atomic E-state index is 11.1. The smallest absolute Gasteiger partial charge is 0.352 e. The number of aliphatic carboxylic acids is 1. The molecular weight excluding hydrogens is 208 g/mol. The fourth-order valence-corrected chi connectivity index (χ4v) is 1.81. The fourth-order valence-electron chi connectivity index (χ4n) is 1.81. The Bertz CT molecular complexity index is 345. The van der Waals surface area contributed by atoms with Crippen LogP contribution in [0.3, 0.4) is 0 Å². The number of carboxylic acids is 1. The van der Waals surface area contributed by atoms with E-state index in [0.717, 1.165) is 12.8 Å². The van der Waals surface area contributed by atoms with Gasteiger partial charge in [-0.25, -0.2) is 4.79 Å². The average molecular weight is 224 g/mol. The minimum absolute atomic E-state index is 0.151. The molecule has 0 spiro atoms. The highest BCUT2D eigenvalue weighted by Crippen LogP contribution is 2.28. The zero-order valence-corrected chi connectivity index (χ0v) is 9.46. The number of ether oxygens (including phenoxy) is 1. The molecule has 5 heteroatoms. The third-order valence-electron chi connectivity index (χ3n) is 2.73. The molecule has 0 saturated heterocycles. The van der Waals surface area contributed by atoms with Gasteiger partial charge in [0.2, 0.25) is 0 Å². The number of aliphatic imine (C=N–C) groups is 1. The van der Waals surface area contributed by atoms with E-state index >= 15 is 0 Å². The molecule has 1 heterocycles. The first kappa shape index (κ1) is 11.3. The molecular formula is C11H16N2O3. The van der Waals surface area contributed by atoms with Crippen molar-refractivity contribution in [3.8, 4) is 0 Å². The number of nitrogens with zero attached hydrogens (tertiary/aromatic N) is 2. The summed E-state index contributed by atoms with van der Waals surface area (Å²) in [4.78, 5) is 16.8. The van der Waals surface area contributed by atoms with Gasteiger partial charge in [-0.15, -0.1) is 0 Å². The molecule has 0 amide bonds. The quantitative estimate of drug-likeness (QED) is 0.756. The van der Waals surface area contributed by atoms with Gasteiger partial charge >= 0.3 is 5.97 Å². The van der Waals surface area contributed by atoms with Crippen LogP contribution in [0.15, 0.2) is 17.3 Å². The molecule has 5 nitrogen and oxygen atoms in total. The first-order chi connectivity index (χ1) is 7.59. The number of hydrogen-bond donors (Lipinski definition) is 1. The van der Waals surface area contributed by atoms with Gasteiger partial charge in [0.15, 0.2) is 0 Å². The first-order valence-electron chi connectivity index (χ1n) is 5.39. The van der Waals surface area contributed by atoms with E-state index in [4.69, 9.17) is 9.84 Å². The molecule has 0 aromatic rings. The van der Waals surface area contributed by atoms with Crippen molar-refractivity contribution >= 4 is 11.7 Å². The molecule has 1 aliphatic heterocycles. The van der Waals surface area contributed by atoms with Gasteiger partial charge in [-0.3, -0.25) is 9.89 Å². The van der Waals surface area contributed by atoms with Crippen molar-refractivity contribution in [1.29, 1.82) is 0 Å². The Morgan fingerprint density at radius 2 is 2.25 bits per heavy atom. The van der Waals surface area contributed by atoms with Crippen LogP contribution in [-0.4, -0.2) is 54.0 Å². The van der Waals surface area contributed by atoms with E-state index in [1.54, 1.807) is 0 Å². The minimum Gasteiger partial charge on any atom is -0.477 e. The lowest BCUT2D eigenvalue weighted by Gasteiger charge is -2.31. The lowest BCUT2D eigenvalue weighted by Crippen LogP contribution is -2.49. The molecule has 16 heavy (non-hydrogen) atoms. The normalized spacial score (nSPS) is 29.3. The number of rotatable bonds is 4. The van der Waals surface area contributed by atoms with Crippen molar-refractivity contribution in [3.05, 3.63) is 12.3 Å². The van der Waals surface area contributed by atoms with Crippen LogP contribution >= 0.6 is 0 Å². The van der Waals surface area contributed by atoms with Gasteiger partial charge in [0, 0.05) is 6.20 Å². The Balaban J connectivity index is 2.16. The van der Waals surface area contributed by atoms with E-state index in [2.05, 4.69) is 4.99 Å². The van der Waals surface area contributed by atoms with Crippen molar-refractivity contribution in [1.82, 2.24) is 4.90 Å². The van der Waals surface area contributed by atoms with Crippen LogP contribution < -0.4 is 0 Å². The predicted molar refractivity (Wildman–Crippen MR) is 59.6 cm³/mol. The second-order valence-corrected chi connectivity index (χ2v) is 4.37. The predicted octanol–water partition coefficient (Wildman–Crippen LogP) is 0.517. The van der Waals surface area contributed by atoms with Crippen molar-refractivity contribution in [2.45, 2.75) is 31.1 Å². The summed E-state index contributed by atoms with van der Waals surface area (Å²) in [6.45, 7) is 0. The Hall–Kier alpha value is -1.20. The molecule has 2 rings (SSSR count). The SMILES string of the molecule is CN(C)C1C(C(=O)O)=NC=CC1OC1CC1. The van der Waals surface area contributed by atoms with Crippen LogP contribution in [0.5, 0.6) is 0 Å². The second-order valence-electron chi connectivity index (χ2n) is 4.37. The molecule has 2 aliphatic rings. The molecule has 2 atom stereocenters. The lowest BCUT2D eigenvalue weighted by atomic mass is 10.0. The van der Waals surface area contributed by atoms with E-state index in [0.29, 0.717) is 6.10 Å². The van der Waals surface area contributed by atoms with Crippen molar-refractivity contribution in [2.24, 2.45) is 4.99 Å². The van der Waals surface area contributed by atoms with Gasteiger partial charge in [0.05, 0.1) is 18.2 Å². The third-order valence-corrected chi connectivity index (χ3v) is 2.73. The van der Waals surface area contributed by atoms with Gasteiger partial charge in [-0.2, -0.15) is 0 Å². The first-order valence-corrected chi connectivity index (χ1v) is 5.39. The standard InChI is InChI=1S/C11H16N2O3/c1-13(2)10-8(16-7-3-4-7)5-6-12-9(10)11(14)15/h5-8,10H,3-4H2,1-2H3,(H,14,15). The molecule has 1 fully saturated rings. The van der Waals surface area contributed by atoms with Crippen molar-refractivity contribution in [3.63, 3.8) is 0 Å². The Morgan fingerprint density at radius 1 is 1.56 bits per heavy atom. The molecule has 88 valence electrons. The van der Waals surface area contributed by atoms with Gasteiger partial charge in [0.1, 0.15) is 5.71 Å². The zero-order chi connectivity index (χ0) is 11.7. The molecule has 2 unspecified atom stereocenters. The number of hydrogen-bond acceptors (Lipinski definition) is 4. The molecule has 1 aliphatic carbocycles. The summed E-state index contributed by atoms with van der Waals surface area (Å²) >= 11 is 0. The van der Waals surface area contributed by atoms with Gasteiger partial charge in [-0.05, 0) is 33.0 Å². The topological polar surface area (TPSA) is 62.1 Å². The summed E-state index contributed by atoms with van der Waals surface area (Å²) in [5.74, 6) is -0.979. The van der Waals surface area contributed by atoms with E-state index in [-0.39, 0.29) is 17.9 Å². The van der Waals surface area contributed by atoms with E-state index < -0.39 is 5.97 Å². The van der Waals surface area contributed by atoms with Crippen molar-refractivity contribution < 1.29 is 14.6 Å². The Morgan fingerprint density at radius 3 is 2.75 bits per heavy atom. The number of carboxylic acid groups (broad SMARTS) is 1. The van der Waals surface area contributed by atoms with E-state index in [1.165, 1.54) is 6.20 Å². The number of carbonyl (C=O) groups is 1. The van der Waals surface area contributed by atoms with Crippen LogP contribution in [0, 0.1) is 0 Å². The highest BCUT2D eigenvalue weighted by Gasteiger charge is 2.37. The summed E-state index contributed by atoms with van der Waals surface area (Å²) in [6, 6.07) is -0.303. The summed E-state index contributed by atoms with van der Waals surface area (Å²) < 4.78 is 5.78. The molecule has 1 N–H and O–H groups in total. The van der Waals surface area contributed by atoms with Gasteiger partial charge in [-0.1, -0.05) is 0 Å². The molecule has 1 saturated carbocycles. The van der Waals surface area contributed by atoms with Crippen LogP contribution in [-0.2, 0) is 9.53 Å². The average Bonchev–Trinajstić information content (AvgIpc) is 3.00. The van der Waals surface area contributed by atoms with Crippen LogP contribution in [0.1, 0.15) is 12.8 Å². The lowest BCUT2D eigenvalue weighted by molar-refractivity contribution is -0.130. The van der Waals surface area contributed by atoms with Gasteiger partial charge in [0.25, 0.3) is 0 Å². The highest BCUT2D eigenvalue weighted by molar-refractivity contribution is 6.38. The fraction of sp³-hybridized carbons (Fsp3) is 0.636. The van der Waals surface area contributed by atoms with Crippen molar-refractivity contribution in [2.75, 3.05) is 14.1 Å². The van der Waals surface area contributed by atoms with E-state index in [9.17, 15) is 4.79 Å². The zero-order valence-electron chi connectivity index (χ0n) is 9.46. The maximum Gasteiger partial charge on any atom is 0.352 e. The summed E-state index contributed by atoms with van der Waals surface area (Å²) in [5.41, 5.74) is 0.151. The largest absolute Gasteiger partial charge is 0.477 e. The van der Waals surface area contributed by atoms with E-state index in [1.807, 2.05) is 25.1 Å².